The second-order valence-electron chi connectivity index (χ2n) is 8.42. The van der Waals surface area contributed by atoms with Crippen molar-refractivity contribution in [1.82, 2.24) is 15.0 Å². The summed E-state index contributed by atoms with van der Waals surface area (Å²) >= 11 is 0. The van der Waals surface area contributed by atoms with Crippen LogP contribution in [0.1, 0.15) is 49.0 Å². The van der Waals surface area contributed by atoms with Gasteiger partial charge in [0, 0.05) is 16.7 Å². The summed E-state index contributed by atoms with van der Waals surface area (Å²) < 4.78 is 0. The standard InChI is InChI=1S/C24H26N8.CO2/c1-15-16(12-25)7-5-9-18(15)19-11-20(31-23(26)30-19)21(32-27)14-28-13-17-8-6-10-22(29-17)24(2,3)4;2-1-3/h5-11,14H,13,27H2,1-4H3,(H2,26,30,31);. The van der Waals surface area contributed by atoms with E-state index < -0.39 is 0 Å². The fraction of sp³-hybridized carbons (Fsp3) is 0.240. The average Bonchev–Trinajstić information content (AvgIpc) is 2.82. The van der Waals surface area contributed by atoms with E-state index in [1.165, 1.54) is 0 Å². The molecule has 3 aromatic rings. The van der Waals surface area contributed by atoms with Crippen LogP contribution in [0.4, 0.5) is 5.95 Å². The van der Waals surface area contributed by atoms with Gasteiger partial charge in [-0.15, -0.1) is 0 Å². The number of anilines is 1. The molecule has 0 amide bonds. The highest BCUT2D eigenvalue weighted by molar-refractivity contribution is 6.37. The minimum Gasteiger partial charge on any atom is -0.368 e. The van der Waals surface area contributed by atoms with Gasteiger partial charge in [-0.3, -0.25) is 9.98 Å². The zero-order chi connectivity index (χ0) is 26.0. The molecule has 0 saturated heterocycles. The molecule has 2 heterocycles. The van der Waals surface area contributed by atoms with Gasteiger partial charge < -0.3 is 11.6 Å². The Kier molecular flexibility index (Phi) is 9.04. The summed E-state index contributed by atoms with van der Waals surface area (Å²) in [6, 6.07) is 15.3. The van der Waals surface area contributed by atoms with Crippen molar-refractivity contribution in [3.05, 3.63) is 70.7 Å². The second kappa shape index (κ2) is 11.9. The lowest BCUT2D eigenvalue weighted by Gasteiger charge is -2.17. The van der Waals surface area contributed by atoms with Crippen LogP contribution in [0.2, 0.25) is 0 Å². The van der Waals surface area contributed by atoms with Crippen LogP contribution in [0.15, 0.2) is 52.6 Å². The molecule has 2 aromatic heterocycles. The van der Waals surface area contributed by atoms with E-state index in [-0.39, 0.29) is 17.5 Å². The molecule has 0 bridgehead atoms. The van der Waals surface area contributed by atoms with Crippen LogP contribution in [0.5, 0.6) is 0 Å². The van der Waals surface area contributed by atoms with Gasteiger partial charge in [0.25, 0.3) is 0 Å². The van der Waals surface area contributed by atoms with E-state index >= 15 is 0 Å². The minimum atomic E-state index is -0.0422. The largest absolute Gasteiger partial charge is 0.373 e. The first-order valence-corrected chi connectivity index (χ1v) is 10.5. The molecule has 0 unspecified atom stereocenters. The average molecular weight is 471 g/mol. The Hall–Kier alpha value is -4.74. The van der Waals surface area contributed by atoms with Crippen molar-refractivity contribution in [3.63, 3.8) is 0 Å². The van der Waals surface area contributed by atoms with Crippen LogP contribution in [0, 0.1) is 18.3 Å². The molecule has 10 nitrogen and oxygen atoms in total. The molecule has 0 saturated carbocycles. The molecule has 1 aromatic carbocycles. The number of aromatic nitrogens is 3. The monoisotopic (exact) mass is 470 g/mol. The topological polar surface area (TPSA) is 173 Å². The van der Waals surface area contributed by atoms with E-state index in [2.05, 4.69) is 51.9 Å². The second-order valence-corrected chi connectivity index (χ2v) is 8.42. The first-order chi connectivity index (χ1) is 16.6. The Morgan fingerprint density at radius 3 is 2.43 bits per heavy atom. The molecule has 0 aliphatic heterocycles. The van der Waals surface area contributed by atoms with Gasteiger partial charge in [0.1, 0.15) is 5.71 Å². The number of aliphatic imine (C=N–C) groups is 1. The van der Waals surface area contributed by atoms with E-state index in [1.54, 1.807) is 24.4 Å². The summed E-state index contributed by atoms with van der Waals surface area (Å²) in [5, 5.41) is 13.1. The Labute approximate surface area is 203 Å². The molecular weight excluding hydrogens is 444 g/mol. The SMILES string of the molecule is Cc1c(C#N)cccc1-c1cc(C(C=NCc2cccc(C(C)(C)C)n2)=NN)nc(N)n1.O=C=O. The van der Waals surface area contributed by atoms with Gasteiger partial charge >= 0.3 is 6.15 Å². The van der Waals surface area contributed by atoms with Crippen LogP contribution >= 0.6 is 0 Å². The van der Waals surface area contributed by atoms with Crippen LogP contribution in [0.3, 0.4) is 0 Å². The lowest BCUT2D eigenvalue weighted by Crippen LogP contribution is -2.14. The number of pyridine rings is 1. The molecule has 10 heteroatoms. The van der Waals surface area contributed by atoms with Crippen molar-refractivity contribution in [3.8, 4) is 17.3 Å². The van der Waals surface area contributed by atoms with Gasteiger partial charge in [-0.05, 0) is 36.8 Å². The summed E-state index contributed by atoms with van der Waals surface area (Å²) in [5.41, 5.74) is 11.3. The number of nitriles is 1. The summed E-state index contributed by atoms with van der Waals surface area (Å²) in [5.74, 6) is 5.69. The number of nitrogens with zero attached hydrogens (tertiary/aromatic N) is 6. The predicted molar refractivity (Wildman–Crippen MR) is 132 cm³/mol. The van der Waals surface area contributed by atoms with Crippen molar-refractivity contribution in [2.75, 3.05) is 5.73 Å². The van der Waals surface area contributed by atoms with Crippen molar-refractivity contribution < 1.29 is 9.59 Å². The number of carbonyl (C=O) groups excluding carboxylic acids is 2. The van der Waals surface area contributed by atoms with E-state index in [0.717, 1.165) is 22.5 Å². The number of benzene rings is 1. The molecule has 0 aliphatic carbocycles. The van der Waals surface area contributed by atoms with Crippen molar-refractivity contribution in [1.29, 1.82) is 5.26 Å². The van der Waals surface area contributed by atoms with E-state index in [4.69, 9.17) is 21.2 Å². The Morgan fingerprint density at radius 2 is 1.80 bits per heavy atom. The van der Waals surface area contributed by atoms with Gasteiger partial charge in [0.15, 0.2) is 0 Å². The van der Waals surface area contributed by atoms with Crippen molar-refractivity contribution in [2.45, 2.75) is 39.7 Å². The van der Waals surface area contributed by atoms with Crippen molar-refractivity contribution >= 4 is 24.0 Å². The van der Waals surface area contributed by atoms with E-state index in [1.807, 2.05) is 31.2 Å². The third-order valence-corrected chi connectivity index (χ3v) is 4.92. The van der Waals surface area contributed by atoms with Crippen LogP contribution in [-0.4, -0.2) is 33.0 Å². The fourth-order valence-electron chi connectivity index (χ4n) is 3.15. The third kappa shape index (κ3) is 7.12. The normalized spacial score (nSPS) is 11.3. The van der Waals surface area contributed by atoms with Crippen LogP contribution in [0.25, 0.3) is 11.3 Å². The van der Waals surface area contributed by atoms with Crippen LogP contribution in [-0.2, 0) is 21.5 Å². The van der Waals surface area contributed by atoms with Gasteiger partial charge in [-0.2, -0.15) is 20.0 Å². The molecule has 4 N–H and O–H groups in total. The lowest BCUT2D eigenvalue weighted by atomic mass is 9.91. The maximum absolute atomic E-state index is 9.31. The van der Waals surface area contributed by atoms with E-state index in [9.17, 15) is 5.26 Å². The maximum atomic E-state index is 9.31. The first kappa shape index (κ1) is 26.5. The molecule has 0 spiro atoms. The van der Waals surface area contributed by atoms with Gasteiger partial charge in [-0.25, -0.2) is 9.97 Å². The Balaban J connectivity index is 0.00000137. The molecule has 0 aliphatic rings. The zero-order valence-corrected chi connectivity index (χ0v) is 20.0. The number of hydrogen-bond donors (Lipinski definition) is 2. The lowest BCUT2D eigenvalue weighted by molar-refractivity contribution is -0.191. The number of rotatable bonds is 5. The summed E-state index contributed by atoms with van der Waals surface area (Å²) in [6.45, 7) is 8.59. The summed E-state index contributed by atoms with van der Waals surface area (Å²) in [4.78, 5) is 34.0. The highest BCUT2D eigenvalue weighted by atomic mass is 16.2. The Morgan fingerprint density at radius 1 is 1.11 bits per heavy atom. The summed E-state index contributed by atoms with van der Waals surface area (Å²) in [6.07, 6.45) is 1.80. The molecule has 178 valence electrons. The van der Waals surface area contributed by atoms with Crippen LogP contribution < -0.4 is 11.6 Å². The number of hydrogen-bond acceptors (Lipinski definition) is 10. The third-order valence-electron chi connectivity index (χ3n) is 4.92. The predicted octanol–water partition coefficient (Wildman–Crippen LogP) is 2.95. The molecule has 3 rings (SSSR count). The molecule has 0 radical (unpaired) electrons. The van der Waals surface area contributed by atoms with Gasteiger partial charge in [0.05, 0.1) is 41.5 Å². The highest BCUT2D eigenvalue weighted by Crippen LogP contribution is 2.25. The van der Waals surface area contributed by atoms with Gasteiger partial charge in [-0.1, -0.05) is 39.0 Å². The molecule has 35 heavy (non-hydrogen) atoms. The minimum absolute atomic E-state index is 0.0422. The summed E-state index contributed by atoms with van der Waals surface area (Å²) in [7, 11) is 0. The molecule has 0 atom stereocenters. The molecular formula is C25H26N8O2. The number of nitrogen functional groups attached to an aromatic ring is 1. The smallest absolute Gasteiger partial charge is 0.368 e. The zero-order valence-electron chi connectivity index (χ0n) is 20.0. The van der Waals surface area contributed by atoms with Gasteiger partial charge in [0.2, 0.25) is 5.95 Å². The first-order valence-electron chi connectivity index (χ1n) is 10.5. The van der Waals surface area contributed by atoms with E-state index in [0.29, 0.717) is 29.2 Å². The maximum Gasteiger partial charge on any atom is 0.373 e. The molecule has 0 fully saturated rings. The Bertz CT molecular complexity index is 1330. The quantitative estimate of drug-likeness (QED) is 0.325. The fourth-order valence-corrected chi connectivity index (χ4v) is 3.15. The van der Waals surface area contributed by atoms with Crippen molar-refractivity contribution in [2.24, 2.45) is 15.9 Å². The highest BCUT2D eigenvalue weighted by Gasteiger charge is 2.15. The number of hydrazone groups is 1. The number of nitrogens with two attached hydrogens (primary N) is 2.